The lowest BCUT2D eigenvalue weighted by Crippen LogP contribution is -2.54. The Bertz CT molecular complexity index is 888. The van der Waals surface area contributed by atoms with Crippen LogP contribution < -0.4 is 5.32 Å². The van der Waals surface area contributed by atoms with Crippen LogP contribution in [-0.2, 0) is 25.7 Å². The van der Waals surface area contributed by atoms with Gasteiger partial charge in [-0.3, -0.25) is 14.5 Å². The van der Waals surface area contributed by atoms with E-state index in [2.05, 4.69) is 30.8 Å². The maximum Gasteiger partial charge on any atom is 0.341 e. The minimum Gasteiger partial charge on any atom is -0.465 e. The molecule has 0 bridgehead atoms. The molecule has 0 radical (unpaired) electrons. The first-order chi connectivity index (χ1) is 14.0. The van der Waals surface area contributed by atoms with Crippen LogP contribution in [0.5, 0.6) is 0 Å². The Hall–Kier alpha value is -2.84. The fourth-order valence-corrected chi connectivity index (χ4v) is 4.90. The van der Waals surface area contributed by atoms with E-state index in [1.165, 1.54) is 13.2 Å². The summed E-state index contributed by atoms with van der Waals surface area (Å²) in [6.07, 6.45) is 2.05. The molecule has 2 fully saturated rings. The van der Waals surface area contributed by atoms with E-state index in [9.17, 15) is 19.2 Å². The van der Waals surface area contributed by atoms with Crippen molar-refractivity contribution in [2.24, 2.45) is 11.3 Å². The Morgan fingerprint density at radius 3 is 2.63 bits per heavy atom. The first-order valence-electron chi connectivity index (χ1n) is 9.94. The zero-order valence-electron chi connectivity index (χ0n) is 18.0. The number of aryl methyl sites for hydroxylation is 1. The first-order valence-corrected chi connectivity index (χ1v) is 9.94. The number of ether oxygens (including phenoxy) is 2. The Morgan fingerprint density at radius 1 is 1.30 bits per heavy atom. The summed E-state index contributed by atoms with van der Waals surface area (Å²) in [6, 6.07) is 0.853. The molecule has 1 aromatic heterocycles. The molecule has 1 saturated carbocycles. The molecule has 1 N–H and O–H groups in total. The van der Waals surface area contributed by atoms with E-state index in [1.54, 1.807) is 6.92 Å². The number of amides is 3. The van der Waals surface area contributed by atoms with Crippen molar-refractivity contribution in [2.75, 3.05) is 13.7 Å². The third kappa shape index (κ3) is 4.20. The highest BCUT2D eigenvalue weighted by molar-refractivity contribution is 6.08. The lowest BCUT2D eigenvalue weighted by molar-refractivity contribution is -0.150. The van der Waals surface area contributed by atoms with Crippen LogP contribution in [0.25, 0.3) is 0 Å². The predicted molar refractivity (Wildman–Crippen MR) is 104 cm³/mol. The molecule has 3 rings (SSSR count). The molecule has 9 heteroatoms. The average molecular weight is 420 g/mol. The Kier molecular flexibility index (Phi) is 5.66. The van der Waals surface area contributed by atoms with E-state index in [4.69, 9.17) is 9.15 Å². The van der Waals surface area contributed by atoms with Gasteiger partial charge in [0.05, 0.1) is 7.11 Å². The van der Waals surface area contributed by atoms with Gasteiger partial charge in [0, 0.05) is 0 Å². The topological polar surface area (TPSA) is 115 Å². The minimum atomic E-state index is -0.966. The second-order valence-electron chi connectivity index (χ2n) is 9.09. The zero-order chi connectivity index (χ0) is 22.3. The fourth-order valence-electron chi connectivity index (χ4n) is 4.90. The van der Waals surface area contributed by atoms with Gasteiger partial charge in [0.15, 0.2) is 0 Å². The van der Waals surface area contributed by atoms with Crippen molar-refractivity contribution in [2.45, 2.75) is 59.1 Å². The van der Waals surface area contributed by atoms with Crippen LogP contribution in [0.3, 0.4) is 0 Å². The summed E-state index contributed by atoms with van der Waals surface area (Å²) in [7, 11) is 1.26. The van der Waals surface area contributed by atoms with E-state index >= 15 is 0 Å². The summed E-state index contributed by atoms with van der Waals surface area (Å²) in [4.78, 5) is 50.3. The van der Waals surface area contributed by atoms with E-state index in [1.807, 2.05) is 0 Å². The number of hydrogen-bond acceptors (Lipinski definition) is 7. The number of carbonyl (C=O) groups is 4. The molecule has 1 aliphatic carbocycles. The van der Waals surface area contributed by atoms with Gasteiger partial charge in [-0.2, -0.15) is 0 Å². The standard InChI is InChI=1S/C21H28N2O7/c1-12-7-20(3,4)11-21(8-12)18(26)23(19(27)22-21)9-16(24)29-10-14-6-15(13(2)30-14)17(25)28-5/h6,12H,7-11H2,1-5H3,(H,22,27). The molecule has 164 valence electrons. The van der Waals surface area contributed by atoms with E-state index < -0.39 is 30.1 Å². The molecule has 1 saturated heterocycles. The van der Waals surface area contributed by atoms with Gasteiger partial charge < -0.3 is 19.2 Å². The van der Waals surface area contributed by atoms with Crippen LogP contribution in [-0.4, -0.2) is 48.0 Å². The van der Waals surface area contributed by atoms with Crippen LogP contribution >= 0.6 is 0 Å². The van der Waals surface area contributed by atoms with E-state index in [0.29, 0.717) is 18.6 Å². The Morgan fingerprint density at radius 2 is 2.00 bits per heavy atom. The lowest BCUT2D eigenvalue weighted by atomic mass is 9.64. The molecule has 1 aromatic rings. The summed E-state index contributed by atoms with van der Waals surface area (Å²) in [6.45, 7) is 7.10. The van der Waals surface area contributed by atoms with Gasteiger partial charge in [0.2, 0.25) is 0 Å². The number of hydrogen-bond donors (Lipinski definition) is 1. The fraction of sp³-hybridized carbons (Fsp3) is 0.619. The number of carbonyl (C=O) groups excluding carboxylic acids is 4. The number of imide groups is 1. The van der Waals surface area contributed by atoms with Crippen molar-refractivity contribution < 1.29 is 33.1 Å². The molecule has 1 spiro atoms. The highest BCUT2D eigenvalue weighted by Gasteiger charge is 2.56. The molecular formula is C21H28N2O7. The monoisotopic (exact) mass is 420 g/mol. The number of nitrogens with one attached hydrogen (secondary N) is 1. The van der Waals surface area contributed by atoms with Crippen LogP contribution in [0.2, 0.25) is 0 Å². The smallest absolute Gasteiger partial charge is 0.341 e. The molecule has 2 aliphatic rings. The number of nitrogens with zero attached hydrogens (tertiary/aromatic N) is 1. The zero-order valence-corrected chi connectivity index (χ0v) is 18.0. The second kappa shape index (κ2) is 7.77. The summed E-state index contributed by atoms with van der Waals surface area (Å²) in [5, 5.41) is 2.82. The highest BCUT2D eigenvalue weighted by Crippen LogP contribution is 2.46. The van der Waals surface area contributed by atoms with Gasteiger partial charge in [-0.25, -0.2) is 9.59 Å². The summed E-state index contributed by atoms with van der Waals surface area (Å²) in [5.74, 6) is -0.798. The molecule has 3 amide bonds. The van der Waals surface area contributed by atoms with Gasteiger partial charge in [-0.1, -0.05) is 20.8 Å². The van der Waals surface area contributed by atoms with Gasteiger partial charge in [0.1, 0.15) is 35.8 Å². The van der Waals surface area contributed by atoms with E-state index in [0.717, 1.165) is 11.3 Å². The van der Waals surface area contributed by atoms with Crippen LogP contribution in [0.4, 0.5) is 4.79 Å². The normalized spacial score (nSPS) is 25.4. The molecule has 1 aliphatic heterocycles. The largest absolute Gasteiger partial charge is 0.465 e. The SMILES string of the molecule is COC(=O)c1cc(COC(=O)CN2C(=O)NC3(CC(C)CC(C)(C)C3)C2=O)oc1C. The quantitative estimate of drug-likeness (QED) is 0.575. The van der Waals surface area contributed by atoms with Crippen molar-refractivity contribution in [3.8, 4) is 0 Å². The van der Waals surface area contributed by atoms with Crippen molar-refractivity contribution >= 4 is 23.9 Å². The van der Waals surface area contributed by atoms with Gasteiger partial charge in [0.25, 0.3) is 5.91 Å². The maximum absolute atomic E-state index is 13.1. The number of urea groups is 1. The lowest BCUT2D eigenvalue weighted by Gasteiger charge is -2.43. The highest BCUT2D eigenvalue weighted by atomic mass is 16.5. The number of furan rings is 1. The van der Waals surface area contributed by atoms with Gasteiger partial charge in [-0.05, 0) is 43.6 Å². The summed E-state index contributed by atoms with van der Waals surface area (Å²) >= 11 is 0. The molecular weight excluding hydrogens is 392 g/mol. The maximum atomic E-state index is 13.1. The van der Waals surface area contributed by atoms with Crippen molar-refractivity contribution in [1.82, 2.24) is 10.2 Å². The molecule has 9 nitrogen and oxygen atoms in total. The molecule has 0 aromatic carbocycles. The average Bonchev–Trinajstić information content (AvgIpc) is 3.10. The third-order valence-electron chi connectivity index (χ3n) is 5.66. The predicted octanol–water partition coefficient (Wildman–Crippen LogP) is 2.55. The van der Waals surface area contributed by atoms with Crippen molar-refractivity contribution in [3.05, 3.63) is 23.2 Å². The molecule has 2 atom stereocenters. The van der Waals surface area contributed by atoms with Crippen LogP contribution in [0.15, 0.2) is 10.5 Å². The van der Waals surface area contributed by atoms with Crippen molar-refractivity contribution in [1.29, 1.82) is 0 Å². The molecule has 2 unspecified atom stereocenters. The summed E-state index contributed by atoms with van der Waals surface area (Å²) < 4.78 is 15.2. The second-order valence-corrected chi connectivity index (χ2v) is 9.09. The molecule has 30 heavy (non-hydrogen) atoms. The van der Waals surface area contributed by atoms with Crippen molar-refractivity contribution in [3.63, 3.8) is 0 Å². The number of rotatable bonds is 5. The number of esters is 2. The first kappa shape index (κ1) is 21.9. The van der Waals surface area contributed by atoms with Crippen LogP contribution in [0, 0.1) is 18.3 Å². The Balaban J connectivity index is 1.62. The van der Waals surface area contributed by atoms with Crippen LogP contribution in [0.1, 0.15) is 61.9 Å². The third-order valence-corrected chi connectivity index (χ3v) is 5.66. The van der Waals surface area contributed by atoms with Gasteiger partial charge >= 0.3 is 18.0 Å². The Labute approximate surface area is 175 Å². The van der Waals surface area contributed by atoms with Gasteiger partial charge in [-0.15, -0.1) is 0 Å². The minimum absolute atomic E-state index is 0.0916. The summed E-state index contributed by atoms with van der Waals surface area (Å²) in [5.41, 5.74) is -0.814. The number of methoxy groups -OCH3 is 1. The van der Waals surface area contributed by atoms with E-state index in [-0.39, 0.29) is 35.2 Å². The molecule has 2 heterocycles.